The number of amides is 1. The molecule has 0 saturated heterocycles. The second kappa shape index (κ2) is 6.66. The van der Waals surface area contributed by atoms with Gasteiger partial charge >= 0.3 is 0 Å². The Hall–Kier alpha value is -0.830. The standard InChI is InChI=1S/C10H20N2O/c1-3-5-6-7-9(11)8(4-2)10(12)13/h4,9H,3,5-7,11H2,1-2H3,(H2,12,13). The Labute approximate surface area is 80.2 Å². The SMILES string of the molecule is CC=C(C(N)=O)C(N)CCCCC. The third kappa shape index (κ3) is 4.68. The molecule has 0 heterocycles. The summed E-state index contributed by atoms with van der Waals surface area (Å²) in [6.07, 6.45) is 5.93. The summed E-state index contributed by atoms with van der Waals surface area (Å²) in [5, 5.41) is 0. The van der Waals surface area contributed by atoms with E-state index < -0.39 is 5.91 Å². The molecule has 0 saturated carbocycles. The second-order valence-electron chi connectivity index (χ2n) is 3.21. The number of hydrogen-bond donors (Lipinski definition) is 2. The Bertz CT molecular complexity index is 187. The molecule has 1 unspecified atom stereocenters. The minimum Gasteiger partial charge on any atom is -0.366 e. The van der Waals surface area contributed by atoms with E-state index in [1.54, 1.807) is 13.0 Å². The average Bonchev–Trinajstić information content (AvgIpc) is 2.05. The molecule has 0 bridgehead atoms. The molecular weight excluding hydrogens is 164 g/mol. The first kappa shape index (κ1) is 12.2. The third-order valence-electron chi connectivity index (χ3n) is 2.11. The first-order valence-electron chi connectivity index (χ1n) is 4.85. The lowest BCUT2D eigenvalue weighted by Gasteiger charge is -2.12. The number of carbonyl (C=O) groups is 1. The summed E-state index contributed by atoms with van der Waals surface area (Å²) in [5.41, 5.74) is 11.5. The van der Waals surface area contributed by atoms with Crippen molar-refractivity contribution in [3.63, 3.8) is 0 Å². The average molecular weight is 184 g/mol. The topological polar surface area (TPSA) is 69.1 Å². The van der Waals surface area contributed by atoms with Crippen molar-refractivity contribution in [2.75, 3.05) is 0 Å². The first-order valence-corrected chi connectivity index (χ1v) is 4.85. The predicted molar refractivity (Wildman–Crippen MR) is 55.1 cm³/mol. The molecule has 0 radical (unpaired) electrons. The zero-order chi connectivity index (χ0) is 10.3. The number of unbranched alkanes of at least 4 members (excludes halogenated alkanes) is 2. The minimum atomic E-state index is -0.397. The molecule has 0 spiro atoms. The van der Waals surface area contributed by atoms with Crippen LogP contribution in [0.25, 0.3) is 0 Å². The monoisotopic (exact) mass is 184 g/mol. The van der Waals surface area contributed by atoms with Crippen LogP contribution < -0.4 is 11.5 Å². The molecule has 13 heavy (non-hydrogen) atoms. The van der Waals surface area contributed by atoms with Crippen molar-refractivity contribution >= 4 is 5.91 Å². The van der Waals surface area contributed by atoms with Gasteiger partial charge in [-0.05, 0) is 13.3 Å². The van der Waals surface area contributed by atoms with Crippen LogP contribution in [0, 0.1) is 0 Å². The molecule has 3 nitrogen and oxygen atoms in total. The van der Waals surface area contributed by atoms with Crippen molar-refractivity contribution in [3.05, 3.63) is 11.6 Å². The molecule has 3 heteroatoms. The van der Waals surface area contributed by atoms with Gasteiger partial charge in [0, 0.05) is 11.6 Å². The van der Waals surface area contributed by atoms with Gasteiger partial charge in [0.15, 0.2) is 0 Å². The van der Waals surface area contributed by atoms with E-state index in [1.807, 2.05) is 0 Å². The van der Waals surface area contributed by atoms with Gasteiger partial charge in [-0.2, -0.15) is 0 Å². The van der Waals surface area contributed by atoms with Crippen LogP contribution in [0.2, 0.25) is 0 Å². The van der Waals surface area contributed by atoms with E-state index >= 15 is 0 Å². The Morgan fingerprint density at radius 2 is 2.08 bits per heavy atom. The molecule has 0 aromatic rings. The van der Waals surface area contributed by atoms with Gasteiger partial charge in [0.25, 0.3) is 0 Å². The highest BCUT2D eigenvalue weighted by atomic mass is 16.1. The Morgan fingerprint density at radius 1 is 1.46 bits per heavy atom. The second-order valence-corrected chi connectivity index (χ2v) is 3.21. The number of allylic oxidation sites excluding steroid dienone is 1. The number of rotatable bonds is 6. The van der Waals surface area contributed by atoms with E-state index in [1.165, 1.54) is 0 Å². The van der Waals surface area contributed by atoms with Crippen LogP contribution in [0.15, 0.2) is 11.6 Å². The molecule has 1 amide bonds. The Kier molecular flexibility index (Phi) is 6.24. The molecule has 0 fully saturated rings. The van der Waals surface area contributed by atoms with Crippen molar-refractivity contribution in [1.29, 1.82) is 0 Å². The van der Waals surface area contributed by atoms with Crippen LogP contribution in [0.3, 0.4) is 0 Å². The smallest absolute Gasteiger partial charge is 0.245 e. The molecule has 0 aromatic heterocycles. The van der Waals surface area contributed by atoms with E-state index in [0.29, 0.717) is 5.57 Å². The van der Waals surface area contributed by atoms with Crippen molar-refractivity contribution in [1.82, 2.24) is 0 Å². The molecule has 76 valence electrons. The quantitative estimate of drug-likeness (QED) is 0.483. The fraction of sp³-hybridized carbons (Fsp3) is 0.700. The fourth-order valence-electron chi connectivity index (χ4n) is 1.31. The van der Waals surface area contributed by atoms with Gasteiger partial charge < -0.3 is 11.5 Å². The minimum absolute atomic E-state index is 0.186. The van der Waals surface area contributed by atoms with Gasteiger partial charge in [-0.25, -0.2) is 0 Å². The summed E-state index contributed by atoms with van der Waals surface area (Å²) in [5.74, 6) is -0.397. The van der Waals surface area contributed by atoms with Gasteiger partial charge in [0.2, 0.25) is 5.91 Å². The van der Waals surface area contributed by atoms with Crippen molar-refractivity contribution in [3.8, 4) is 0 Å². The summed E-state index contributed by atoms with van der Waals surface area (Å²) >= 11 is 0. The van der Waals surface area contributed by atoms with E-state index in [4.69, 9.17) is 11.5 Å². The molecule has 0 aliphatic heterocycles. The maximum absolute atomic E-state index is 10.9. The molecular formula is C10H20N2O. The summed E-state index contributed by atoms with van der Waals surface area (Å²) in [6.45, 7) is 3.93. The molecule has 0 aromatic carbocycles. The zero-order valence-corrected chi connectivity index (χ0v) is 8.55. The molecule has 0 aliphatic carbocycles. The van der Waals surface area contributed by atoms with Crippen molar-refractivity contribution in [2.45, 2.75) is 45.6 Å². The summed E-state index contributed by atoms with van der Waals surface area (Å²) in [6, 6.07) is -0.186. The van der Waals surface area contributed by atoms with E-state index in [0.717, 1.165) is 25.7 Å². The van der Waals surface area contributed by atoms with Gasteiger partial charge in [0.05, 0.1) is 0 Å². The number of nitrogens with two attached hydrogens (primary N) is 2. The molecule has 0 rings (SSSR count). The van der Waals surface area contributed by atoms with E-state index in [-0.39, 0.29) is 6.04 Å². The van der Waals surface area contributed by atoms with Gasteiger partial charge in [-0.15, -0.1) is 0 Å². The summed E-state index contributed by atoms with van der Waals surface area (Å²) < 4.78 is 0. The molecule has 4 N–H and O–H groups in total. The Balaban J connectivity index is 3.93. The Morgan fingerprint density at radius 3 is 2.46 bits per heavy atom. The van der Waals surface area contributed by atoms with Crippen LogP contribution in [0.4, 0.5) is 0 Å². The van der Waals surface area contributed by atoms with Gasteiger partial charge in [-0.1, -0.05) is 32.3 Å². The normalized spacial score (nSPS) is 14.2. The number of primary amides is 1. The van der Waals surface area contributed by atoms with Crippen LogP contribution in [0.1, 0.15) is 39.5 Å². The fourth-order valence-corrected chi connectivity index (χ4v) is 1.31. The first-order chi connectivity index (χ1) is 6.13. The van der Waals surface area contributed by atoms with Crippen molar-refractivity contribution < 1.29 is 4.79 Å². The van der Waals surface area contributed by atoms with E-state index in [2.05, 4.69) is 6.92 Å². The number of carbonyl (C=O) groups excluding carboxylic acids is 1. The zero-order valence-electron chi connectivity index (χ0n) is 8.55. The highest BCUT2D eigenvalue weighted by molar-refractivity contribution is 5.93. The maximum Gasteiger partial charge on any atom is 0.245 e. The summed E-state index contributed by atoms with van der Waals surface area (Å²) in [7, 11) is 0. The maximum atomic E-state index is 10.9. The van der Waals surface area contributed by atoms with Crippen molar-refractivity contribution in [2.24, 2.45) is 11.5 Å². The summed E-state index contributed by atoms with van der Waals surface area (Å²) in [4.78, 5) is 10.9. The number of hydrogen-bond acceptors (Lipinski definition) is 2. The lowest BCUT2D eigenvalue weighted by molar-refractivity contribution is -0.114. The largest absolute Gasteiger partial charge is 0.366 e. The van der Waals surface area contributed by atoms with Crippen LogP contribution in [0.5, 0.6) is 0 Å². The third-order valence-corrected chi connectivity index (χ3v) is 2.11. The van der Waals surface area contributed by atoms with Gasteiger partial charge in [-0.3, -0.25) is 4.79 Å². The predicted octanol–water partition coefficient (Wildman–Crippen LogP) is 1.33. The van der Waals surface area contributed by atoms with Gasteiger partial charge in [0.1, 0.15) is 0 Å². The van der Waals surface area contributed by atoms with Crippen LogP contribution >= 0.6 is 0 Å². The molecule has 1 atom stereocenters. The van der Waals surface area contributed by atoms with E-state index in [9.17, 15) is 4.79 Å². The lowest BCUT2D eigenvalue weighted by atomic mass is 10.0. The van der Waals surface area contributed by atoms with Crippen LogP contribution in [-0.2, 0) is 4.79 Å². The highest BCUT2D eigenvalue weighted by Crippen LogP contribution is 2.08. The molecule has 0 aliphatic rings. The van der Waals surface area contributed by atoms with Crippen LogP contribution in [-0.4, -0.2) is 11.9 Å². The lowest BCUT2D eigenvalue weighted by Crippen LogP contribution is -2.31. The highest BCUT2D eigenvalue weighted by Gasteiger charge is 2.12.